The minimum absolute atomic E-state index is 0.253. The molecule has 0 aromatic heterocycles. The first-order chi connectivity index (χ1) is 8.93. The Morgan fingerprint density at radius 2 is 1.55 bits per heavy atom. The summed E-state index contributed by atoms with van der Waals surface area (Å²) in [5, 5.41) is 2.77. The summed E-state index contributed by atoms with van der Waals surface area (Å²) in [5.74, 6) is -0.432. The Bertz CT molecular complexity index is 365. The summed E-state index contributed by atoms with van der Waals surface area (Å²) in [6.45, 7) is 12.1. The first kappa shape index (κ1) is 18.7. The molecule has 0 aromatic rings. The maximum atomic E-state index is 11.8. The highest BCUT2D eigenvalue weighted by atomic mass is 16.6. The second kappa shape index (κ2) is 6.43. The van der Waals surface area contributed by atoms with E-state index in [1.807, 2.05) is 13.8 Å². The lowest BCUT2D eigenvalue weighted by molar-refractivity contribution is -0.180. The average Bonchev–Trinajstić information content (AvgIpc) is 2.26. The summed E-state index contributed by atoms with van der Waals surface area (Å²) in [6, 6.07) is 0. The molecule has 0 spiro atoms. The summed E-state index contributed by atoms with van der Waals surface area (Å²) in [7, 11) is 1.54. The van der Waals surface area contributed by atoms with Crippen molar-refractivity contribution in [2.45, 2.75) is 65.2 Å². The van der Waals surface area contributed by atoms with Crippen molar-refractivity contribution in [1.29, 1.82) is 0 Å². The van der Waals surface area contributed by atoms with Crippen molar-refractivity contribution in [2.75, 3.05) is 13.7 Å². The van der Waals surface area contributed by atoms with Gasteiger partial charge in [-0.25, -0.2) is 4.79 Å². The van der Waals surface area contributed by atoms with E-state index < -0.39 is 28.8 Å². The molecule has 6 heteroatoms. The quantitative estimate of drug-likeness (QED) is 0.759. The molecule has 20 heavy (non-hydrogen) atoms. The molecule has 0 aromatic carbocycles. The molecule has 118 valence electrons. The Kier molecular flexibility index (Phi) is 6.02. The van der Waals surface area contributed by atoms with Gasteiger partial charge in [0.05, 0.1) is 12.2 Å². The molecule has 1 unspecified atom stereocenters. The molecule has 0 radical (unpaired) electrons. The minimum atomic E-state index is -0.995. The van der Waals surface area contributed by atoms with E-state index in [-0.39, 0.29) is 6.61 Å². The van der Waals surface area contributed by atoms with Gasteiger partial charge in [-0.05, 0) is 41.5 Å². The zero-order valence-corrected chi connectivity index (χ0v) is 13.7. The van der Waals surface area contributed by atoms with Gasteiger partial charge in [-0.1, -0.05) is 0 Å². The fourth-order valence-corrected chi connectivity index (χ4v) is 2.06. The lowest BCUT2D eigenvalue weighted by Gasteiger charge is -2.51. The smallest absolute Gasteiger partial charge is 0.407 e. The van der Waals surface area contributed by atoms with Crippen molar-refractivity contribution in [1.82, 2.24) is 5.32 Å². The van der Waals surface area contributed by atoms with Crippen molar-refractivity contribution in [3.8, 4) is 0 Å². The minimum Gasteiger partial charge on any atom is -0.457 e. The number of carbonyl (C=O) groups excluding carboxylic acids is 2. The third-order valence-electron chi connectivity index (χ3n) is 3.94. The molecule has 1 N–H and O–H groups in total. The zero-order valence-electron chi connectivity index (χ0n) is 13.7. The van der Waals surface area contributed by atoms with Crippen molar-refractivity contribution in [3.63, 3.8) is 0 Å². The summed E-state index contributed by atoms with van der Waals surface area (Å²) in [5.41, 5.74) is -2.78. The van der Waals surface area contributed by atoms with Crippen molar-refractivity contribution in [2.24, 2.45) is 0 Å². The van der Waals surface area contributed by atoms with E-state index in [2.05, 4.69) is 5.32 Å². The number of hydrogen-bond donors (Lipinski definition) is 1. The maximum Gasteiger partial charge on any atom is 0.407 e. The van der Waals surface area contributed by atoms with E-state index in [1.165, 1.54) is 14.0 Å². The Hall–Kier alpha value is -1.30. The van der Waals surface area contributed by atoms with Gasteiger partial charge in [0, 0.05) is 14.0 Å². The number of nitrogens with one attached hydrogen (secondary N) is 1. The third kappa shape index (κ3) is 3.85. The van der Waals surface area contributed by atoms with E-state index >= 15 is 0 Å². The predicted molar refractivity (Wildman–Crippen MR) is 75.5 cm³/mol. The van der Waals surface area contributed by atoms with Gasteiger partial charge >= 0.3 is 12.1 Å². The number of rotatable bonds is 6. The molecule has 1 amide bonds. The Labute approximate surface area is 121 Å². The summed E-state index contributed by atoms with van der Waals surface area (Å²) >= 11 is 0. The summed E-state index contributed by atoms with van der Waals surface area (Å²) < 4.78 is 15.8. The fourth-order valence-electron chi connectivity index (χ4n) is 2.06. The normalized spacial score (nSPS) is 15.2. The van der Waals surface area contributed by atoms with Crippen LogP contribution in [0, 0.1) is 0 Å². The van der Waals surface area contributed by atoms with Gasteiger partial charge < -0.3 is 19.5 Å². The van der Waals surface area contributed by atoms with Crippen LogP contribution in [-0.4, -0.2) is 42.5 Å². The van der Waals surface area contributed by atoms with Crippen molar-refractivity contribution < 1.29 is 23.8 Å². The topological polar surface area (TPSA) is 73.9 Å². The Morgan fingerprint density at radius 3 is 1.90 bits per heavy atom. The Morgan fingerprint density at radius 1 is 1.05 bits per heavy atom. The number of esters is 1. The van der Waals surface area contributed by atoms with E-state index in [0.29, 0.717) is 0 Å². The molecule has 0 rings (SSSR count). The van der Waals surface area contributed by atoms with Crippen LogP contribution in [0.15, 0.2) is 0 Å². The van der Waals surface area contributed by atoms with Crippen LogP contribution in [0.1, 0.15) is 48.5 Å². The van der Waals surface area contributed by atoms with E-state index in [0.717, 1.165) is 0 Å². The number of carbonyl (C=O) groups is 2. The lowest BCUT2D eigenvalue weighted by Crippen LogP contribution is -2.72. The second-order valence-corrected chi connectivity index (χ2v) is 5.79. The highest BCUT2D eigenvalue weighted by Gasteiger charge is 2.55. The average molecular weight is 289 g/mol. The van der Waals surface area contributed by atoms with E-state index in [9.17, 15) is 9.59 Å². The first-order valence-electron chi connectivity index (χ1n) is 6.63. The second-order valence-electron chi connectivity index (χ2n) is 5.79. The SMILES string of the molecule is CCOC(=O)NC(C)(C(C)(C)OC)C(C)(C)OC(C)=O. The van der Waals surface area contributed by atoms with Gasteiger partial charge in [0.15, 0.2) is 0 Å². The number of amides is 1. The predicted octanol–water partition coefficient (Wildman–Crippen LogP) is 2.26. The fraction of sp³-hybridized carbons (Fsp3) is 0.857. The largest absolute Gasteiger partial charge is 0.457 e. The van der Waals surface area contributed by atoms with E-state index in [4.69, 9.17) is 14.2 Å². The zero-order chi connectivity index (χ0) is 16.2. The van der Waals surface area contributed by atoms with Gasteiger partial charge in [0.1, 0.15) is 11.1 Å². The molecule has 0 saturated carbocycles. The van der Waals surface area contributed by atoms with Gasteiger partial charge in [0.25, 0.3) is 0 Å². The lowest BCUT2D eigenvalue weighted by atomic mass is 9.72. The molecule has 0 bridgehead atoms. The van der Waals surface area contributed by atoms with Crippen LogP contribution in [0.4, 0.5) is 4.79 Å². The highest BCUT2D eigenvalue weighted by Crippen LogP contribution is 2.37. The molecule has 0 saturated heterocycles. The maximum absolute atomic E-state index is 11.8. The number of ether oxygens (including phenoxy) is 3. The van der Waals surface area contributed by atoms with Crippen LogP contribution in [0.25, 0.3) is 0 Å². The van der Waals surface area contributed by atoms with Crippen LogP contribution in [0.3, 0.4) is 0 Å². The van der Waals surface area contributed by atoms with Gasteiger partial charge in [-0.15, -0.1) is 0 Å². The molecular formula is C14H27NO5. The van der Waals surface area contributed by atoms with Gasteiger partial charge in [-0.2, -0.15) is 0 Å². The highest BCUT2D eigenvalue weighted by molar-refractivity contribution is 5.70. The number of hydrogen-bond acceptors (Lipinski definition) is 5. The molecule has 0 aliphatic rings. The van der Waals surface area contributed by atoms with E-state index in [1.54, 1.807) is 27.7 Å². The monoisotopic (exact) mass is 289 g/mol. The molecule has 0 heterocycles. The van der Waals surface area contributed by atoms with Crippen LogP contribution in [0.2, 0.25) is 0 Å². The molecule has 0 aliphatic heterocycles. The molecule has 1 atom stereocenters. The standard InChI is InChI=1S/C14H27NO5/c1-9-19-11(17)15-14(7,12(3,4)18-8)13(5,6)20-10(2)16/h9H2,1-8H3,(H,15,17). The molecular weight excluding hydrogens is 262 g/mol. The van der Waals surface area contributed by atoms with Crippen LogP contribution >= 0.6 is 0 Å². The first-order valence-corrected chi connectivity index (χ1v) is 6.63. The van der Waals surface area contributed by atoms with Crippen molar-refractivity contribution in [3.05, 3.63) is 0 Å². The van der Waals surface area contributed by atoms with Crippen LogP contribution < -0.4 is 5.32 Å². The number of alkyl carbamates (subject to hydrolysis) is 1. The molecule has 0 aliphatic carbocycles. The van der Waals surface area contributed by atoms with Crippen molar-refractivity contribution >= 4 is 12.1 Å². The van der Waals surface area contributed by atoms with Gasteiger partial charge in [0.2, 0.25) is 0 Å². The Balaban J connectivity index is 5.58. The van der Waals surface area contributed by atoms with Crippen LogP contribution in [-0.2, 0) is 19.0 Å². The molecule has 0 fully saturated rings. The third-order valence-corrected chi connectivity index (χ3v) is 3.94. The molecule has 6 nitrogen and oxygen atoms in total. The summed E-state index contributed by atoms with van der Waals surface area (Å²) in [6.07, 6.45) is -0.583. The number of methoxy groups -OCH3 is 1. The van der Waals surface area contributed by atoms with Crippen LogP contribution in [0.5, 0.6) is 0 Å². The summed E-state index contributed by atoms with van der Waals surface area (Å²) in [4.78, 5) is 23.2. The van der Waals surface area contributed by atoms with Gasteiger partial charge in [-0.3, -0.25) is 4.79 Å².